The second-order valence-electron chi connectivity index (χ2n) is 4.53. The molecule has 0 spiro atoms. The summed E-state index contributed by atoms with van der Waals surface area (Å²) in [7, 11) is 0. The molecule has 98 valence electrons. The third-order valence-electron chi connectivity index (χ3n) is 3.11. The summed E-state index contributed by atoms with van der Waals surface area (Å²) < 4.78 is 0. The van der Waals surface area contributed by atoms with Crippen molar-refractivity contribution < 1.29 is 5.11 Å². The Morgan fingerprint density at radius 1 is 1.22 bits per heavy atom. The normalized spacial score (nSPS) is 13.6. The van der Waals surface area contributed by atoms with Crippen LogP contribution in [0.15, 0.2) is 24.3 Å². The molecule has 0 heterocycles. The number of aliphatic hydroxyl groups is 1. The van der Waals surface area contributed by atoms with E-state index in [1.54, 1.807) is 0 Å². The van der Waals surface area contributed by atoms with Gasteiger partial charge in [-0.3, -0.25) is 0 Å². The predicted molar refractivity (Wildman–Crippen MR) is 77.6 cm³/mol. The highest BCUT2D eigenvalue weighted by Gasteiger charge is 2.13. The van der Waals surface area contributed by atoms with Crippen LogP contribution in [0.25, 0.3) is 0 Å². The van der Waals surface area contributed by atoms with Gasteiger partial charge < -0.3 is 5.11 Å². The number of benzene rings is 1. The molecule has 0 aliphatic heterocycles. The molecular weight excluding hydrogens is 244 g/mol. The average molecular weight is 265 g/mol. The number of aliphatic hydroxyl groups excluding tert-OH is 1. The number of halogens is 1. The van der Waals surface area contributed by atoms with Crippen LogP contribution in [0.3, 0.4) is 0 Å². The van der Waals surface area contributed by atoms with Crippen LogP contribution in [0.5, 0.6) is 0 Å². The average Bonchev–Trinajstić information content (AvgIpc) is 2.39. The Labute approximate surface area is 115 Å². The molecule has 0 amide bonds. The molecule has 0 aromatic heterocycles. The molecule has 1 rings (SSSR count). The van der Waals surface area contributed by atoms with E-state index in [4.69, 9.17) is 11.6 Å². The first kappa shape index (κ1) is 15.1. The van der Waals surface area contributed by atoms with Gasteiger partial charge in [-0.2, -0.15) is 0 Å². The third kappa shape index (κ3) is 5.12. The van der Waals surface area contributed by atoms with Crippen molar-refractivity contribution in [1.82, 2.24) is 0 Å². The van der Waals surface area contributed by atoms with Crippen molar-refractivity contribution in [2.75, 3.05) is 0 Å². The van der Waals surface area contributed by atoms with E-state index in [1.807, 2.05) is 24.3 Å². The highest BCUT2D eigenvalue weighted by atomic mass is 35.5. The quantitative estimate of drug-likeness (QED) is 0.788. The molecule has 2 atom stereocenters. The summed E-state index contributed by atoms with van der Waals surface area (Å²) in [5.74, 6) is 6.23. The van der Waals surface area contributed by atoms with Gasteiger partial charge in [0.2, 0.25) is 0 Å². The van der Waals surface area contributed by atoms with Crippen LogP contribution in [-0.2, 0) is 0 Å². The van der Waals surface area contributed by atoms with E-state index in [9.17, 15) is 5.11 Å². The van der Waals surface area contributed by atoms with E-state index < -0.39 is 6.10 Å². The maximum atomic E-state index is 10.1. The molecule has 0 fully saturated rings. The molecule has 0 radical (unpaired) electrons. The maximum absolute atomic E-state index is 10.1. The van der Waals surface area contributed by atoms with Gasteiger partial charge in [0.25, 0.3) is 0 Å². The van der Waals surface area contributed by atoms with Crippen molar-refractivity contribution in [2.45, 2.75) is 45.6 Å². The van der Waals surface area contributed by atoms with Crippen LogP contribution in [0.4, 0.5) is 0 Å². The van der Waals surface area contributed by atoms with Crippen molar-refractivity contribution in [3.05, 3.63) is 34.9 Å². The van der Waals surface area contributed by atoms with Gasteiger partial charge in [-0.25, -0.2) is 0 Å². The largest absolute Gasteiger partial charge is 0.380 e. The first-order valence-corrected chi connectivity index (χ1v) is 7.00. The third-order valence-corrected chi connectivity index (χ3v) is 3.36. The minimum absolute atomic E-state index is 0.282. The summed E-state index contributed by atoms with van der Waals surface area (Å²) in [6.07, 6.45) is 3.80. The second kappa shape index (κ2) is 8.19. The molecule has 0 aliphatic rings. The lowest BCUT2D eigenvalue weighted by atomic mass is 9.93. The van der Waals surface area contributed by atoms with Crippen LogP contribution in [0.1, 0.15) is 45.1 Å². The van der Waals surface area contributed by atoms with Crippen molar-refractivity contribution in [3.8, 4) is 11.8 Å². The SMILES string of the molecule is CCCCC(CC)C(O)C#Cc1ccc(Cl)cc1. The Kier molecular flexibility index (Phi) is 6.86. The number of rotatable bonds is 5. The minimum Gasteiger partial charge on any atom is -0.380 e. The Bertz CT molecular complexity index is 399. The van der Waals surface area contributed by atoms with E-state index in [1.165, 1.54) is 0 Å². The Morgan fingerprint density at radius 3 is 2.44 bits per heavy atom. The monoisotopic (exact) mass is 264 g/mol. The van der Waals surface area contributed by atoms with Gasteiger partial charge in [0.15, 0.2) is 0 Å². The van der Waals surface area contributed by atoms with E-state index in [0.717, 1.165) is 31.2 Å². The zero-order valence-corrected chi connectivity index (χ0v) is 11.9. The summed E-state index contributed by atoms with van der Waals surface area (Å²) in [5, 5.41) is 10.8. The highest BCUT2D eigenvalue weighted by Crippen LogP contribution is 2.16. The zero-order valence-electron chi connectivity index (χ0n) is 11.1. The second-order valence-corrected chi connectivity index (χ2v) is 4.97. The molecule has 1 aromatic rings. The summed E-state index contributed by atoms with van der Waals surface area (Å²) in [4.78, 5) is 0. The molecule has 2 heteroatoms. The molecule has 2 unspecified atom stereocenters. The Balaban J connectivity index is 2.62. The minimum atomic E-state index is -0.530. The fourth-order valence-electron chi connectivity index (χ4n) is 1.86. The van der Waals surface area contributed by atoms with Gasteiger partial charge in [0, 0.05) is 10.6 Å². The molecule has 18 heavy (non-hydrogen) atoms. The van der Waals surface area contributed by atoms with Crippen LogP contribution >= 0.6 is 11.6 Å². The molecule has 1 N–H and O–H groups in total. The fourth-order valence-corrected chi connectivity index (χ4v) is 1.99. The summed E-state index contributed by atoms with van der Waals surface area (Å²) in [6, 6.07) is 7.36. The Hall–Kier alpha value is -0.970. The van der Waals surface area contributed by atoms with Crippen molar-refractivity contribution >= 4 is 11.6 Å². The van der Waals surface area contributed by atoms with E-state index in [0.29, 0.717) is 5.02 Å². The fraction of sp³-hybridized carbons (Fsp3) is 0.500. The van der Waals surface area contributed by atoms with E-state index >= 15 is 0 Å². The number of unbranched alkanes of at least 4 members (excludes halogenated alkanes) is 1. The lowest BCUT2D eigenvalue weighted by molar-refractivity contribution is 0.150. The number of hydrogen-bond donors (Lipinski definition) is 1. The molecule has 0 saturated heterocycles. The van der Waals surface area contributed by atoms with Gasteiger partial charge in [-0.15, -0.1) is 0 Å². The predicted octanol–water partition coefficient (Wildman–Crippen LogP) is 4.27. The lowest BCUT2D eigenvalue weighted by Gasteiger charge is -2.16. The van der Waals surface area contributed by atoms with E-state index in [2.05, 4.69) is 25.7 Å². The lowest BCUT2D eigenvalue weighted by Crippen LogP contribution is -2.17. The van der Waals surface area contributed by atoms with E-state index in [-0.39, 0.29) is 5.92 Å². The first-order valence-electron chi connectivity index (χ1n) is 6.62. The zero-order chi connectivity index (χ0) is 13.4. The van der Waals surface area contributed by atoms with Crippen molar-refractivity contribution in [1.29, 1.82) is 0 Å². The molecule has 0 saturated carbocycles. The summed E-state index contributed by atoms with van der Waals surface area (Å²) in [6.45, 7) is 4.27. The van der Waals surface area contributed by atoms with Crippen molar-refractivity contribution in [2.24, 2.45) is 5.92 Å². The van der Waals surface area contributed by atoms with Crippen molar-refractivity contribution in [3.63, 3.8) is 0 Å². The maximum Gasteiger partial charge on any atom is 0.117 e. The summed E-state index contributed by atoms with van der Waals surface area (Å²) in [5.41, 5.74) is 0.892. The van der Waals surface area contributed by atoms with Crippen LogP contribution in [0.2, 0.25) is 5.02 Å². The molecule has 0 bridgehead atoms. The molecule has 1 nitrogen and oxygen atoms in total. The topological polar surface area (TPSA) is 20.2 Å². The standard InChI is InChI=1S/C16H21ClO/c1-3-5-6-14(4-2)16(18)12-9-13-7-10-15(17)11-8-13/h7-8,10-11,14,16,18H,3-6H2,1-2H3. The Morgan fingerprint density at radius 2 is 1.89 bits per heavy atom. The van der Waals surface area contributed by atoms with Crippen LogP contribution in [-0.4, -0.2) is 11.2 Å². The molecule has 1 aromatic carbocycles. The molecular formula is C16H21ClO. The van der Waals surface area contributed by atoms with Crippen LogP contribution < -0.4 is 0 Å². The van der Waals surface area contributed by atoms with Gasteiger partial charge >= 0.3 is 0 Å². The molecule has 0 aliphatic carbocycles. The highest BCUT2D eigenvalue weighted by molar-refractivity contribution is 6.30. The van der Waals surface area contributed by atoms with Gasteiger partial charge in [0.1, 0.15) is 6.10 Å². The first-order chi connectivity index (χ1) is 8.67. The van der Waals surface area contributed by atoms with Gasteiger partial charge in [-0.05, 0) is 43.0 Å². The summed E-state index contributed by atoms with van der Waals surface area (Å²) >= 11 is 5.81. The van der Waals surface area contributed by atoms with Gasteiger partial charge in [-0.1, -0.05) is 50.1 Å². The van der Waals surface area contributed by atoms with Crippen LogP contribution in [0, 0.1) is 17.8 Å². The smallest absolute Gasteiger partial charge is 0.117 e. The van der Waals surface area contributed by atoms with Gasteiger partial charge in [0.05, 0.1) is 0 Å². The number of hydrogen-bond acceptors (Lipinski definition) is 1.